The third kappa shape index (κ3) is 2.94. The van der Waals surface area contributed by atoms with Crippen LogP contribution in [0.15, 0.2) is 18.2 Å². The van der Waals surface area contributed by atoms with Crippen LogP contribution in [0.1, 0.15) is 18.0 Å². The summed E-state index contributed by atoms with van der Waals surface area (Å²) in [6, 6.07) is 5.16. The Balaban J connectivity index is 2.25. The van der Waals surface area contributed by atoms with Gasteiger partial charge in [-0.1, -0.05) is 23.7 Å². The molecule has 0 unspecified atom stereocenters. The number of phenols is 1. The summed E-state index contributed by atoms with van der Waals surface area (Å²) < 4.78 is 12.8. The number of para-hydroxylation sites is 1. The minimum Gasteiger partial charge on any atom is -0.506 e. The Hall–Kier alpha value is -0.840. The average Bonchev–Trinajstić information content (AvgIpc) is 2.41. The van der Waals surface area contributed by atoms with Crippen LogP contribution in [0.25, 0.3) is 0 Å². The quantitative estimate of drug-likeness (QED) is 0.883. The molecular formula is C13H18ClFN2O. The molecule has 0 aromatic heterocycles. The molecule has 0 amide bonds. The lowest BCUT2D eigenvalue weighted by molar-refractivity contribution is 0.155. The number of hydrogen-bond donors (Lipinski definition) is 2. The monoisotopic (exact) mass is 272 g/mol. The van der Waals surface area contributed by atoms with E-state index in [1.165, 1.54) is 0 Å². The molecule has 0 bridgehead atoms. The number of benzene rings is 1. The topological polar surface area (TPSA) is 35.5 Å². The zero-order valence-corrected chi connectivity index (χ0v) is 11.0. The molecule has 100 valence electrons. The lowest BCUT2D eigenvalue weighted by atomic mass is 10.0. The lowest BCUT2D eigenvalue weighted by Gasteiger charge is -2.35. The van der Waals surface area contributed by atoms with Crippen LogP contribution in [-0.4, -0.2) is 42.9 Å². The Morgan fingerprint density at radius 3 is 2.78 bits per heavy atom. The van der Waals surface area contributed by atoms with E-state index in [0.29, 0.717) is 11.4 Å². The van der Waals surface area contributed by atoms with Gasteiger partial charge in [0.15, 0.2) is 0 Å². The molecule has 1 atom stereocenters. The van der Waals surface area contributed by atoms with Crippen molar-refractivity contribution in [3.63, 3.8) is 0 Å². The van der Waals surface area contributed by atoms with Gasteiger partial charge in [-0.2, -0.15) is 0 Å². The van der Waals surface area contributed by atoms with Gasteiger partial charge in [-0.05, 0) is 12.5 Å². The third-order valence-corrected chi connectivity index (χ3v) is 3.66. The summed E-state index contributed by atoms with van der Waals surface area (Å²) in [4.78, 5) is 2.20. The molecule has 1 fully saturated rings. The number of aromatic hydroxyl groups is 1. The number of rotatable bonds is 4. The van der Waals surface area contributed by atoms with E-state index >= 15 is 0 Å². The maximum atomic E-state index is 12.8. The molecular weight excluding hydrogens is 255 g/mol. The molecule has 1 aliphatic heterocycles. The summed E-state index contributed by atoms with van der Waals surface area (Å²) in [6.45, 7) is 3.10. The highest BCUT2D eigenvalue weighted by atomic mass is 35.5. The molecule has 2 N–H and O–H groups in total. The summed E-state index contributed by atoms with van der Waals surface area (Å²) >= 11 is 5.92. The highest BCUT2D eigenvalue weighted by Gasteiger charge is 2.24. The summed E-state index contributed by atoms with van der Waals surface area (Å²) in [6.07, 6.45) is 0.383. The highest BCUT2D eigenvalue weighted by molar-refractivity contribution is 6.32. The zero-order chi connectivity index (χ0) is 13.0. The van der Waals surface area contributed by atoms with Crippen LogP contribution in [0.2, 0.25) is 5.02 Å². The second kappa shape index (κ2) is 6.36. The Kier molecular flexibility index (Phi) is 4.80. The van der Waals surface area contributed by atoms with Gasteiger partial charge in [0.05, 0.1) is 11.7 Å². The largest absolute Gasteiger partial charge is 0.506 e. The van der Waals surface area contributed by atoms with Gasteiger partial charge in [0.2, 0.25) is 0 Å². The second-order valence-electron chi connectivity index (χ2n) is 4.46. The van der Waals surface area contributed by atoms with E-state index < -0.39 is 6.67 Å². The van der Waals surface area contributed by atoms with E-state index in [2.05, 4.69) is 10.2 Å². The van der Waals surface area contributed by atoms with Crippen molar-refractivity contribution < 1.29 is 9.50 Å². The van der Waals surface area contributed by atoms with Gasteiger partial charge in [-0.25, -0.2) is 0 Å². The van der Waals surface area contributed by atoms with Crippen molar-refractivity contribution in [2.24, 2.45) is 0 Å². The standard InChI is InChI=1S/C13H18ClFN2O/c14-11-3-1-2-10(13(11)18)12(4-5-15)17-8-6-16-7-9-17/h1-3,12,16,18H,4-9H2/t12-/m0/s1. The smallest absolute Gasteiger partial charge is 0.138 e. The summed E-state index contributed by atoms with van der Waals surface area (Å²) in [5.74, 6) is 0.0798. The SMILES string of the molecule is Oc1c(Cl)cccc1[C@H](CCF)N1CCNCC1. The average molecular weight is 273 g/mol. The predicted octanol–water partition coefficient (Wildman–Crippen LogP) is 2.35. The molecule has 1 saturated heterocycles. The van der Waals surface area contributed by atoms with Crippen LogP contribution in [-0.2, 0) is 0 Å². The Bertz CT molecular complexity index is 397. The molecule has 0 spiro atoms. The van der Waals surface area contributed by atoms with E-state index in [1.807, 2.05) is 6.07 Å². The normalized spacial score (nSPS) is 18.8. The lowest BCUT2D eigenvalue weighted by Crippen LogP contribution is -2.45. The van der Waals surface area contributed by atoms with Crippen molar-refractivity contribution >= 4 is 11.6 Å². The van der Waals surface area contributed by atoms with Gasteiger partial charge < -0.3 is 10.4 Å². The number of halogens is 2. The fourth-order valence-corrected chi connectivity index (χ4v) is 2.61. The van der Waals surface area contributed by atoms with Crippen molar-refractivity contribution in [1.82, 2.24) is 10.2 Å². The summed E-state index contributed by atoms with van der Waals surface area (Å²) in [7, 11) is 0. The molecule has 0 saturated carbocycles. The molecule has 5 heteroatoms. The molecule has 2 rings (SSSR count). The van der Waals surface area contributed by atoms with Gasteiger partial charge >= 0.3 is 0 Å². The molecule has 1 aromatic rings. The fourth-order valence-electron chi connectivity index (χ4n) is 2.43. The molecule has 0 aliphatic carbocycles. The van der Waals surface area contributed by atoms with Gasteiger partial charge in [0.1, 0.15) is 5.75 Å². The minimum absolute atomic E-state index is 0.0798. The van der Waals surface area contributed by atoms with Crippen molar-refractivity contribution in [1.29, 1.82) is 0 Å². The maximum absolute atomic E-state index is 12.8. The van der Waals surface area contributed by atoms with Crippen molar-refractivity contribution in [3.8, 4) is 5.75 Å². The van der Waals surface area contributed by atoms with Gasteiger partial charge in [0, 0.05) is 37.8 Å². The number of nitrogens with one attached hydrogen (secondary N) is 1. The van der Waals surface area contributed by atoms with Crippen molar-refractivity contribution in [2.75, 3.05) is 32.9 Å². The van der Waals surface area contributed by atoms with Crippen LogP contribution in [0.3, 0.4) is 0 Å². The molecule has 0 radical (unpaired) electrons. The first kappa shape index (κ1) is 13.6. The Morgan fingerprint density at radius 2 is 2.11 bits per heavy atom. The van der Waals surface area contributed by atoms with Crippen LogP contribution < -0.4 is 5.32 Å². The van der Waals surface area contributed by atoms with Crippen molar-refractivity contribution in [3.05, 3.63) is 28.8 Å². The predicted molar refractivity (Wildman–Crippen MR) is 70.9 cm³/mol. The highest BCUT2D eigenvalue weighted by Crippen LogP contribution is 2.36. The molecule has 18 heavy (non-hydrogen) atoms. The maximum Gasteiger partial charge on any atom is 0.138 e. The van der Waals surface area contributed by atoms with Crippen LogP contribution in [0, 0.1) is 0 Å². The number of alkyl halides is 1. The van der Waals surface area contributed by atoms with Gasteiger partial charge in [-0.15, -0.1) is 0 Å². The fraction of sp³-hybridized carbons (Fsp3) is 0.538. The van der Waals surface area contributed by atoms with Crippen LogP contribution in [0.5, 0.6) is 5.75 Å². The van der Waals surface area contributed by atoms with Gasteiger partial charge in [-0.3, -0.25) is 9.29 Å². The first-order chi connectivity index (χ1) is 8.74. The summed E-state index contributed by atoms with van der Waals surface area (Å²) in [5, 5.41) is 13.6. The molecule has 1 heterocycles. The van der Waals surface area contributed by atoms with Crippen LogP contribution >= 0.6 is 11.6 Å². The van der Waals surface area contributed by atoms with Gasteiger partial charge in [0.25, 0.3) is 0 Å². The minimum atomic E-state index is -0.402. The summed E-state index contributed by atoms with van der Waals surface area (Å²) in [5.41, 5.74) is 0.724. The first-order valence-corrected chi connectivity index (χ1v) is 6.60. The van der Waals surface area contributed by atoms with E-state index in [0.717, 1.165) is 31.7 Å². The third-order valence-electron chi connectivity index (χ3n) is 3.35. The molecule has 1 aromatic carbocycles. The second-order valence-corrected chi connectivity index (χ2v) is 4.86. The first-order valence-electron chi connectivity index (χ1n) is 6.22. The van der Waals surface area contributed by atoms with E-state index in [4.69, 9.17) is 11.6 Å². The Labute approximate surface area is 112 Å². The number of hydrogen-bond acceptors (Lipinski definition) is 3. The molecule has 3 nitrogen and oxygen atoms in total. The van der Waals surface area contributed by atoms with E-state index in [-0.39, 0.29) is 11.8 Å². The Morgan fingerprint density at radius 1 is 1.39 bits per heavy atom. The number of phenolic OH excluding ortho intramolecular Hbond substituents is 1. The zero-order valence-electron chi connectivity index (χ0n) is 10.2. The van der Waals surface area contributed by atoms with Crippen molar-refractivity contribution in [2.45, 2.75) is 12.5 Å². The number of piperazine rings is 1. The van der Waals surface area contributed by atoms with E-state index in [1.54, 1.807) is 12.1 Å². The molecule has 1 aliphatic rings. The number of nitrogens with zero attached hydrogens (tertiary/aromatic N) is 1. The van der Waals surface area contributed by atoms with Crippen LogP contribution in [0.4, 0.5) is 4.39 Å². The van der Waals surface area contributed by atoms with E-state index in [9.17, 15) is 9.50 Å².